The van der Waals surface area contributed by atoms with Crippen LogP contribution in [0.3, 0.4) is 0 Å². The molecule has 1 fully saturated rings. The second-order valence-electron chi connectivity index (χ2n) is 5.24. The number of hydrogen-bond acceptors (Lipinski definition) is 6. The number of H-pyrrole nitrogens is 1. The van der Waals surface area contributed by atoms with E-state index in [-0.39, 0.29) is 11.7 Å². The summed E-state index contributed by atoms with van der Waals surface area (Å²) in [4.78, 5) is 17.0. The summed E-state index contributed by atoms with van der Waals surface area (Å²) in [6, 6.07) is 5.16. The van der Waals surface area contributed by atoms with E-state index in [1.54, 1.807) is 19.1 Å². The summed E-state index contributed by atoms with van der Waals surface area (Å²) in [6.45, 7) is 3.26. The second-order valence-corrected chi connectivity index (χ2v) is 5.24. The van der Waals surface area contributed by atoms with Crippen LogP contribution < -0.4 is 10.6 Å². The Bertz CT molecular complexity index is 683. The van der Waals surface area contributed by atoms with Crippen LogP contribution in [-0.2, 0) is 0 Å². The molecule has 1 saturated heterocycles. The third-order valence-electron chi connectivity index (χ3n) is 3.66. The minimum atomic E-state index is -0.393. The molecule has 0 spiro atoms. The molecule has 0 amide bonds. The molecular weight excluding hydrogens is 272 g/mol. The van der Waals surface area contributed by atoms with Crippen molar-refractivity contribution < 1.29 is 4.92 Å². The van der Waals surface area contributed by atoms with Crippen molar-refractivity contribution in [3.05, 3.63) is 33.9 Å². The predicted octanol–water partition coefficient (Wildman–Crippen LogP) is 1.23. The number of nitrogens with zero attached hydrogens (tertiary/aromatic N) is 4. The fraction of sp³-hybridized carbons (Fsp3) is 0.385. The number of benzene rings is 1. The fourth-order valence-corrected chi connectivity index (χ4v) is 2.45. The van der Waals surface area contributed by atoms with Crippen LogP contribution in [0.15, 0.2) is 18.2 Å². The SMILES string of the molecule is Cc1ccc(-c2nc(N3CCC(N)C3)n[nH]2)cc1[N+](=O)[O-]. The topological polar surface area (TPSA) is 114 Å². The smallest absolute Gasteiger partial charge is 0.273 e. The average molecular weight is 288 g/mol. The van der Waals surface area contributed by atoms with Crippen LogP contribution in [0.25, 0.3) is 11.4 Å². The Morgan fingerprint density at radius 1 is 1.52 bits per heavy atom. The van der Waals surface area contributed by atoms with E-state index in [1.807, 2.05) is 4.90 Å². The zero-order valence-corrected chi connectivity index (χ0v) is 11.6. The molecule has 8 nitrogen and oxygen atoms in total. The van der Waals surface area contributed by atoms with Gasteiger partial charge in [0.1, 0.15) is 0 Å². The van der Waals surface area contributed by atoms with Gasteiger partial charge in [0.25, 0.3) is 5.69 Å². The first-order valence-electron chi connectivity index (χ1n) is 6.73. The summed E-state index contributed by atoms with van der Waals surface area (Å²) in [7, 11) is 0. The number of aromatic nitrogens is 3. The maximum Gasteiger partial charge on any atom is 0.273 e. The maximum atomic E-state index is 11.0. The van der Waals surface area contributed by atoms with E-state index in [9.17, 15) is 10.1 Å². The van der Waals surface area contributed by atoms with Crippen LogP contribution in [0.4, 0.5) is 11.6 Å². The van der Waals surface area contributed by atoms with Crippen LogP contribution in [0, 0.1) is 17.0 Å². The van der Waals surface area contributed by atoms with E-state index in [0.29, 0.717) is 22.9 Å². The van der Waals surface area contributed by atoms with Gasteiger partial charge in [-0.3, -0.25) is 15.2 Å². The first kappa shape index (κ1) is 13.5. The van der Waals surface area contributed by atoms with Gasteiger partial charge in [0.05, 0.1) is 4.92 Å². The first-order valence-corrected chi connectivity index (χ1v) is 6.73. The minimum Gasteiger partial charge on any atom is -0.338 e. The van der Waals surface area contributed by atoms with Gasteiger partial charge in [-0.25, -0.2) is 0 Å². The summed E-state index contributed by atoms with van der Waals surface area (Å²) >= 11 is 0. The standard InChI is InChI=1S/C13H16N6O2/c1-8-2-3-9(6-11(8)19(20)21)12-15-13(17-16-12)18-5-4-10(14)7-18/h2-3,6,10H,4-5,7,14H2,1H3,(H,15,16,17). The lowest BCUT2D eigenvalue weighted by Crippen LogP contribution is -2.26. The minimum absolute atomic E-state index is 0.0774. The lowest BCUT2D eigenvalue weighted by atomic mass is 10.1. The number of anilines is 1. The number of rotatable bonds is 3. The van der Waals surface area contributed by atoms with Crippen molar-refractivity contribution >= 4 is 11.6 Å². The van der Waals surface area contributed by atoms with E-state index in [0.717, 1.165) is 19.5 Å². The van der Waals surface area contributed by atoms with E-state index in [2.05, 4.69) is 15.2 Å². The molecule has 0 bridgehead atoms. The molecule has 1 aromatic heterocycles. The van der Waals surface area contributed by atoms with Crippen LogP contribution >= 0.6 is 0 Å². The number of hydrogen-bond donors (Lipinski definition) is 2. The Morgan fingerprint density at radius 2 is 2.33 bits per heavy atom. The quantitative estimate of drug-likeness (QED) is 0.648. The van der Waals surface area contributed by atoms with Crippen molar-refractivity contribution in [3.8, 4) is 11.4 Å². The highest BCUT2D eigenvalue weighted by Crippen LogP contribution is 2.26. The van der Waals surface area contributed by atoms with E-state index in [4.69, 9.17) is 5.73 Å². The molecule has 0 radical (unpaired) electrons. The third kappa shape index (κ3) is 2.57. The van der Waals surface area contributed by atoms with Gasteiger partial charge in [0.15, 0.2) is 5.82 Å². The van der Waals surface area contributed by atoms with Crippen molar-refractivity contribution in [2.45, 2.75) is 19.4 Å². The second kappa shape index (κ2) is 5.13. The van der Waals surface area contributed by atoms with Crippen molar-refractivity contribution in [2.24, 2.45) is 5.73 Å². The Balaban J connectivity index is 1.89. The zero-order chi connectivity index (χ0) is 15.0. The summed E-state index contributed by atoms with van der Waals surface area (Å²) in [6.07, 6.45) is 0.917. The highest BCUT2D eigenvalue weighted by atomic mass is 16.6. The molecule has 3 rings (SSSR count). The number of nitro benzene ring substituents is 1. The summed E-state index contributed by atoms with van der Waals surface area (Å²) in [5, 5.41) is 18.0. The van der Waals surface area contributed by atoms with Crippen molar-refractivity contribution in [1.82, 2.24) is 15.2 Å². The molecular formula is C13H16N6O2. The Morgan fingerprint density at radius 3 is 3.00 bits per heavy atom. The van der Waals surface area contributed by atoms with Crippen molar-refractivity contribution in [1.29, 1.82) is 0 Å². The maximum absolute atomic E-state index is 11.0. The monoisotopic (exact) mass is 288 g/mol. The van der Waals surface area contributed by atoms with Gasteiger partial charge in [-0.05, 0) is 13.3 Å². The highest BCUT2D eigenvalue weighted by molar-refractivity contribution is 5.62. The van der Waals surface area contributed by atoms with Gasteiger partial charge >= 0.3 is 0 Å². The predicted molar refractivity (Wildman–Crippen MR) is 78.0 cm³/mol. The van der Waals surface area contributed by atoms with Crippen molar-refractivity contribution in [2.75, 3.05) is 18.0 Å². The van der Waals surface area contributed by atoms with Gasteiger partial charge in [-0.1, -0.05) is 12.1 Å². The molecule has 1 atom stereocenters. The molecule has 8 heteroatoms. The van der Waals surface area contributed by atoms with Crippen LogP contribution in [0.5, 0.6) is 0 Å². The summed E-state index contributed by atoms with van der Waals surface area (Å²) in [5.41, 5.74) is 7.21. The molecule has 110 valence electrons. The van der Waals surface area contributed by atoms with Crippen LogP contribution in [0.1, 0.15) is 12.0 Å². The van der Waals surface area contributed by atoms with Gasteiger partial charge < -0.3 is 10.6 Å². The van der Waals surface area contributed by atoms with Gasteiger partial charge in [-0.15, -0.1) is 5.10 Å². The molecule has 0 saturated carbocycles. The third-order valence-corrected chi connectivity index (χ3v) is 3.66. The lowest BCUT2D eigenvalue weighted by molar-refractivity contribution is -0.385. The van der Waals surface area contributed by atoms with Gasteiger partial charge in [0.2, 0.25) is 5.95 Å². The molecule has 0 aliphatic carbocycles. The largest absolute Gasteiger partial charge is 0.338 e. The van der Waals surface area contributed by atoms with E-state index >= 15 is 0 Å². The highest BCUT2D eigenvalue weighted by Gasteiger charge is 2.23. The summed E-state index contributed by atoms with van der Waals surface area (Å²) in [5.74, 6) is 1.11. The number of aromatic amines is 1. The molecule has 21 heavy (non-hydrogen) atoms. The number of nitrogens with one attached hydrogen (secondary N) is 1. The number of nitrogens with two attached hydrogens (primary N) is 1. The molecule has 1 aromatic carbocycles. The Labute approximate surface area is 121 Å². The van der Waals surface area contributed by atoms with Gasteiger partial charge in [0, 0.05) is 36.3 Å². The number of aryl methyl sites for hydroxylation is 1. The molecule has 3 N–H and O–H groups in total. The molecule has 2 heterocycles. The van der Waals surface area contributed by atoms with Crippen molar-refractivity contribution in [3.63, 3.8) is 0 Å². The zero-order valence-electron chi connectivity index (χ0n) is 11.6. The summed E-state index contributed by atoms with van der Waals surface area (Å²) < 4.78 is 0. The lowest BCUT2D eigenvalue weighted by Gasteiger charge is -2.11. The number of nitro groups is 1. The molecule has 2 aromatic rings. The van der Waals surface area contributed by atoms with Crippen LogP contribution in [0.2, 0.25) is 0 Å². The fourth-order valence-electron chi connectivity index (χ4n) is 2.45. The average Bonchev–Trinajstić information content (AvgIpc) is 3.07. The molecule has 1 aliphatic heterocycles. The van der Waals surface area contributed by atoms with E-state index in [1.165, 1.54) is 6.07 Å². The Hall–Kier alpha value is -2.48. The first-order chi connectivity index (χ1) is 10.0. The van der Waals surface area contributed by atoms with E-state index < -0.39 is 4.92 Å². The Kier molecular flexibility index (Phi) is 3.30. The normalized spacial score (nSPS) is 18.2. The van der Waals surface area contributed by atoms with Gasteiger partial charge in [-0.2, -0.15) is 4.98 Å². The molecule has 1 unspecified atom stereocenters. The van der Waals surface area contributed by atoms with Crippen LogP contribution in [-0.4, -0.2) is 39.2 Å². The molecule has 1 aliphatic rings.